The highest BCUT2D eigenvalue weighted by molar-refractivity contribution is 7.10. The van der Waals surface area contributed by atoms with Gasteiger partial charge in [0.2, 0.25) is 5.01 Å². The van der Waals surface area contributed by atoms with E-state index in [-0.39, 0.29) is 22.4 Å². The van der Waals surface area contributed by atoms with Crippen molar-refractivity contribution in [1.29, 1.82) is 0 Å². The van der Waals surface area contributed by atoms with E-state index < -0.39 is 17.5 Å². The lowest BCUT2D eigenvalue weighted by molar-refractivity contribution is 0.0940. The molecule has 2 heterocycles. The third kappa shape index (κ3) is 3.27. The van der Waals surface area contributed by atoms with Crippen molar-refractivity contribution in [3.8, 4) is 11.4 Å². The molecule has 8 heteroatoms. The minimum Gasteiger partial charge on any atom is -0.343 e. The van der Waals surface area contributed by atoms with Crippen LogP contribution in [0, 0.1) is 11.6 Å². The van der Waals surface area contributed by atoms with Gasteiger partial charge in [0.15, 0.2) is 5.82 Å². The molecule has 0 aliphatic heterocycles. The third-order valence-electron chi connectivity index (χ3n) is 3.12. The molecule has 0 spiro atoms. The molecule has 0 saturated heterocycles. The summed E-state index contributed by atoms with van der Waals surface area (Å²) in [5.41, 5.74) is -0.325. The Hall–Kier alpha value is -2.19. The van der Waals surface area contributed by atoms with Gasteiger partial charge in [-0.1, -0.05) is 12.1 Å². The molecule has 118 valence electrons. The molecule has 4 nitrogen and oxygen atoms in total. The Labute approximate surface area is 139 Å². The molecular formula is C15H11F2N3OS2. The van der Waals surface area contributed by atoms with Crippen LogP contribution in [0.1, 0.15) is 27.6 Å². The van der Waals surface area contributed by atoms with E-state index in [9.17, 15) is 13.6 Å². The van der Waals surface area contributed by atoms with E-state index in [1.54, 1.807) is 0 Å². The number of carbonyl (C=O) groups excluding carboxylic acids is 1. The number of thiophene rings is 1. The summed E-state index contributed by atoms with van der Waals surface area (Å²) < 4.78 is 31.3. The van der Waals surface area contributed by atoms with E-state index in [4.69, 9.17) is 0 Å². The summed E-state index contributed by atoms with van der Waals surface area (Å²) in [4.78, 5) is 17.1. The first kappa shape index (κ1) is 15.7. The Kier molecular flexibility index (Phi) is 4.44. The Balaban J connectivity index is 1.80. The zero-order chi connectivity index (χ0) is 16.4. The van der Waals surface area contributed by atoms with Gasteiger partial charge in [0.05, 0.1) is 11.6 Å². The van der Waals surface area contributed by atoms with Gasteiger partial charge in [0.1, 0.15) is 11.6 Å². The first-order valence-electron chi connectivity index (χ1n) is 6.68. The molecule has 1 atom stereocenters. The summed E-state index contributed by atoms with van der Waals surface area (Å²) >= 11 is 2.33. The number of halogens is 2. The van der Waals surface area contributed by atoms with E-state index in [0.717, 1.165) is 28.5 Å². The highest BCUT2D eigenvalue weighted by Gasteiger charge is 2.20. The van der Waals surface area contributed by atoms with Gasteiger partial charge in [-0.2, -0.15) is 4.37 Å². The number of hydrogen-bond acceptors (Lipinski definition) is 5. The predicted octanol–water partition coefficient (Wildman–Crippen LogP) is 4.04. The van der Waals surface area contributed by atoms with Crippen LogP contribution in [0.15, 0.2) is 35.7 Å². The molecule has 23 heavy (non-hydrogen) atoms. The fraction of sp³-hybridized carbons (Fsp3) is 0.133. The standard InChI is InChI=1S/C15H11F2N3OS2/c1-8(11-6-3-7-22-11)18-14(21)15-19-13(20-23-15)12-9(16)4-2-5-10(12)17/h2-8H,1H3,(H,18,21)/t8-/m1/s1. The van der Waals surface area contributed by atoms with Crippen molar-refractivity contribution in [3.05, 3.63) is 57.2 Å². The van der Waals surface area contributed by atoms with Gasteiger partial charge < -0.3 is 5.32 Å². The summed E-state index contributed by atoms with van der Waals surface area (Å²) in [6.07, 6.45) is 0. The van der Waals surface area contributed by atoms with Crippen molar-refractivity contribution in [1.82, 2.24) is 14.7 Å². The molecule has 0 bridgehead atoms. The van der Waals surface area contributed by atoms with Crippen LogP contribution in [0.5, 0.6) is 0 Å². The molecule has 1 aromatic carbocycles. The zero-order valence-electron chi connectivity index (χ0n) is 11.9. The van der Waals surface area contributed by atoms with Crippen LogP contribution in [0.2, 0.25) is 0 Å². The van der Waals surface area contributed by atoms with Crippen molar-refractivity contribution in [2.75, 3.05) is 0 Å². The SMILES string of the molecule is C[C@@H](NC(=O)c1nc(-c2c(F)cccc2F)ns1)c1cccs1. The van der Waals surface area contributed by atoms with E-state index in [2.05, 4.69) is 14.7 Å². The van der Waals surface area contributed by atoms with Crippen LogP contribution < -0.4 is 5.32 Å². The lowest BCUT2D eigenvalue weighted by Crippen LogP contribution is -2.25. The Morgan fingerprint density at radius 1 is 1.22 bits per heavy atom. The van der Waals surface area contributed by atoms with Crippen LogP contribution in [0.3, 0.4) is 0 Å². The first-order chi connectivity index (χ1) is 11.1. The maximum atomic E-state index is 13.7. The molecule has 3 aromatic rings. The number of rotatable bonds is 4. The van der Waals surface area contributed by atoms with Gasteiger partial charge in [-0.05, 0) is 42.0 Å². The van der Waals surface area contributed by atoms with Crippen LogP contribution in [0.25, 0.3) is 11.4 Å². The van der Waals surface area contributed by atoms with Gasteiger partial charge >= 0.3 is 0 Å². The molecule has 0 radical (unpaired) electrons. The molecular weight excluding hydrogens is 340 g/mol. The van der Waals surface area contributed by atoms with Gasteiger partial charge in [-0.3, -0.25) is 4.79 Å². The maximum Gasteiger partial charge on any atom is 0.282 e. The summed E-state index contributed by atoms with van der Waals surface area (Å²) in [7, 11) is 0. The van der Waals surface area contributed by atoms with Crippen molar-refractivity contribution in [2.24, 2.45) is 0 Å². The largest absolute Gasteiger partial charge is 0.343 e. The van der Waals surface area contributed by atoms with Crippen molar-refractivity contribution >= 4 is 28.8 Å². The smallest absolute Gasteiger partial charge is 0.282 e. The molecule has 0 aliphatic rings. The number of aromatic nitrogens is 2. The van der Waals surface area contributed by atoms with Gasteiger partial charge in [0.25, 0.3) is 5.91 Å². The highest BCUT2D eigenvalue weighted by atomic mass is 32.1. The average Bonchev–Trinajstić information content (AvgIpc) is 3.19. The van der Waals surface area contributed by atoms with Crippen molar-refractivity contribution < 1.29 is 13.6 Å². The zero-order valence-corrected chi connectivity index (χ0v) is 13.5. The van der Waals surface area contributed by atoms with Crippen LogP contribution in [0.4, 0.5) is 8.78 Å². The van der Waals surface area contributed by atoms with E-state index in [1.165, 1.54) is 17.4 Å². The third-order valence-corrected chi connectivity index (χ3v) is 4.89. The fourth-order valence-electron chi connectivity index (χ4n) is 2.00. The van der Waals surface area contributed by atoms with Gasteiger partial charge in [0, 0.05) is 4.88 Å². The second-order valence-corrected chi connectivity index (χ2v) is 6.46. The van der Waals surface area contributed by atoms with E-state index >= 15 is 0 Å². The van der Waals surface area contributed by atoms with Crippen molar-refractivity contribution in [3.63, 3.8) is 0 Å². The van der Waals surface area contributed by atoms with Gasteiger partial charge in [-0.25, -0.2) is 13.8 Å². The number of carbonyl (C=O) groups is 1. The predicted molar refractivity (Wildman–Crippen MR) is 85.5 cm³/mol. The number of nitrogens with zero attached hydrogens (tertiary/aromatic N) is 2. The topological polar surface area (TPSA) is 54.9 Å². The average molecular weight is 351 g/mol. The monoisotopic (exact) mass is 351 g/mol. The Morgan fingerprint density at radius 3 is 2.61 bits per heavy atom. The molecule has 0 aliphatic carbocycles. The molecule has 1 amide bonds. The van der Waals surface area contributed by atoms with Crippen LogP contribution in [-0.2, 0) is 0 Å². The highest BCUT2D eigenvalue weighted by Crippen LogP contribution is 2.25. The normalized spacial score (nSPS) is 12.1. The lowest BCUT2D eigenvalue weighted by Gasteiger charge is -2.10. The molecule has 0 saturated carbocycles. The molecule has 1 N–H and O–H groups in total. The number of hydrogen-bond donors (Lipinski definition) is 1. The summed E-state index contributed by atoms with van der Waals surface area (Å²) in [5, 5.41) is 4.76. The van der Waals surface area contributed by atoms with Crippen molar-refractivity contribution in [2.45, 2.75) is 13.0 Å². The number of amides is 1. The number of nitrogens with one attached hydrogen (secondary N) is 1. The Morgan fingerprint density at radius 2 is 1.96 bits per heavy atom. The van der Waals surface area contributed by atoms with E-state index in [0.29, 0.717) is 0 Å². The quantitative estimate of drug-likeness (QED) is 0.772. The Bertz CT molecular complexity index is 813. The molecule has 2 aromatic heterocycles. The van der Waals surface area contributed by atoms with Crippen LogP contribution >= 0.6 is 22.9 Å². The second-order valence-electron chi connectivity index (χ2n) is 4.73. The number of benzene rings is 1. The minimum atomic E-state index is -0.762. The lowest BCUT2D eigenvalue weighted by atomic mass is 10.2. The fourth-order valence-corrected chi connectivity index (χ4v) is 3.30. The molecule has 0 unspecified atom stereocenters. The maximum absolute atomic E-state index is 13.7. The molecule has 0 fully saturated rings. The summed E-state index contributed by atoms with van der Waals surface area (Å²) in [5.74, 6) is -2.07. The van der Waals surface area contributed by atoms with E-state index in [1.807, 2.05) is 24.4 Å². The van der Waals surface area contributed by atoms with Gasteiger partial charge in [-0.15, -0.1) is 11.3 Å². The minimum absolute atomic E-state index is 0.0612. The second kappa shape index (κ2) is 6.51. The summed E-state index contributed by atoms with van der Waals surface area (Å²) in [6.45, 7) is 1.85. The van der Waals surface area contributed by atoms with Crippen LogP contribution in [-0.4, -0.2) is 15.3 Å². The first-order valence-corrected chi connectivity index (χ1v) is 8.34. The molecule has 3 rings (SSSR count). The summed E-state index contributed by atoms with van der Waals surface area (Å²) in [6, 6.07) is 7.13.